The topological polar surface area (TPSA) is 44.4 Å². The smallest absolute Gasteiger partial charge is 0.221 e. The fourth-order valence-corrected chi connectivity index (χ4v) is 2.49. The van der Waals surface area contributed by atoms with Gasteiger partial charge < -0.3 is 15.5 Å². The van der Waals surface area contributed by atoms with Crippen LogP contribution in [0.2, 0.25) is 0 Å². The van der Waals surface area contributed by atoms with E-state index in [0.717, 1.165) is 6.54 Å². The molecule has 1 aliphatic heterocycles. The van der Waals surface area contributed by atoms with Gasteiger partial charge in [0, 0.05) is 30.6 Å². The molecule has 1 aliphatic rings. The van der Waals surface area contributed by atoms with Crippen molar-refractivity contribution < 1.29 is 4.79 Å². The summed E-state index contributed by atoms with van der Waals surface area (Å²) in [6.45, 7) is 13.7. The first-order valence-electron chi connectivity index (χ1n) is 7.56. The highest BCUT2D eigenvalue weighted by molar-refractivity contribution is 5.76. The largest absolute Gasteiger partial charge is 0.351 e. The Morgan fingerprint density at radius 1 is 1.26 bits per heavy atom. The highest BCUT2D eigenvalue weighted by atomic mass is 16.1. The second-order valence-electron chi connectivity index (χ2n) is 6.91. The summed E-state index contributed by atoms with van der Waals surface area (Å²) in [5.74, 6) is 0.139. The molecule has 19 heavy (non-hydrogen) atoms. The molecule has 1 fully saturated rings. The van der Waals surface area contributed by atoms with E-state index in [1.807, 2.05) is 20.8 Å². The summed E-state index contributed by atoms with van der Waals surface area (Å²) in [6.07, 6.45) is 2.96. The zero-order valence-corrected chi connectivity index (χ0v) is 13.3. The molecule has 0 aromatic heterocycles. The quantitative estimate of drug-likeness (QED) is 0.799. The molecule has 1 rings (SSSR count). The molecule has 1 amide bonds. The van der Waals surface area contributed by atoms with Crippen molar-refractivity contribution in [3.8, 4) is 0 Å². The lowest BCUT2D eigenvalue weighted by molar-refractivity contribution is -0.122. The lowest BCUT2D eigenvalue weighted by atomic mass is 10.0. The fourth-order valence-electron chi connectivity index (χ4n) is 2.49. The zero-order valence-electron chi connectivity index (χ0n) is 13.3. The summed E-state index contributed by atoms with van der Waals surface area (Å²) in [7, 11) is 0. The Hall–Kier alpha value is -0.610. The molecule has 4 nitrogen and oxygen atoms in total. The number of likely N-dealkylation sites (tertiary alicyclic amines) is 1. The Morgan fingerprint density at radius 2 is 1.84 bits per heavy atom. The van der Waals surface area contributed by atoms with Gasteiger partial charge in [0.15, 0.2) is 0 Å². The van der Waals surface area contributed by atoms with Gasteiger partial charge in [-0.3, -0.25) is 4.79 Å². The predicted molar refractivity (Wildman–Crippen MR) is 80.2 cm³/mol. The molecule has 1 saturated heterocycles. The van der Waals surface area contributed by atoms with Crippen LogP contribution in [0.15, 0.2) is 0 Å². The van der Waals surface area contributed by atoms with Gasteiger partial charge in [0.25, 0.3) is 0 Å². The highest BCUT2D eigenvalue weighted by Crippen LogP contribution is 2.12. The third-order valence-corrected chi connectivity index (χ3v) is 3.56. The van der Waals surface area contributed by atoms with Crippen molar-refractivity contribution >= 4 is 5.91 Å². The summed E-state index contributed by atoms with van der Waals surface area (Å²) in [4.78, 5) is 14.2. The van der Waals surface area contributed by atoms with Gasteiger partial charge in [0.2, 0.25) is 5.91 Å². The minimum atomic E-state index is -0.125. The molecule has 2 N–H and O–H groups in total. The summed E-state index contributed by atoms with van der Waals surface area (Å²) in [5.41, 5.74) is -0.125. The van der Waals surface area contributed by atoms with Gasteiger partial charge in [0.05, 0.1) is 0 Å². The number of hydrogen-bond donors (Lipinski definition) is 2. The Kier molecular flexibility index (Phi) is 6.27. The van der Waals surface area contributed by atoms with E-state index in [-0.39, 0.29) is 11.4 Å². The Bertz CT molecular complexity index is 276. The molecule has 0 spiro atoms. The van der Waals surface area contributed by atoms with Crippen molar-refractivity contribution in [1.82, 2.24) is 15.5 Å². The Morgan fingerprint density at radius 3 is 2.32 bits per heavy atom. The van der Waals surface area contributed by atoms with E-state index in [1.54, 1.807) is 0 Å². The van der Waals surface area contributed by atoms with Gasteiger partial charge in [-0.05, 0) is 60.5 Å². The molecular weight excluding hydrogens is 238 g/mol. The molecule has 0 unspecified atom stereocenters. The molecule has 4 heteroatoms. The fraction of sp³-hybridized carbons (Fsp3) is 0.933. The third kappa shape index (κ3) is 6.92. The minimum absolute atomic E-state index is 0.125. The SMILES string of the molecule is CC(C)N1CCC(NCCC(=O)NC(C)(C)C)CC1. The van der Waals surface area contributed by atoms with Crippen LogP contribution in [0.5, 0.6) is 0 Å². The first kappa shape index (κ1) is 16.4. The van der Waals surface area contributed by atoms with E-state index in [1.165, 1.54) is 25.9 Å². The molecule has 0 radical (unpaired) electrons. The van der Waals surface area contributed by atoms with Crippen LogP contribution in [0.1, 0.15) is 53.9 Å². The van der Waals surface area contributed by atoms with Crippen LogP contribution in [0, 0.1) is 0 Å². The number of rotatable bonds is 5. The van der Waals surface area contributed by atoms with Crippen LogP contribution in [-0.4, -0.2) is 48.1 Å². The first-order valence-corrected chi connectivity index (χ1v) is 7.56. The van der Waals surface area contributed by atoms with E-state index >= 15 is 0 Å². The number of nitrogens with one attached hydrogen (secondary N) is 2. The van der Waals surface area contributed by atoms with Crippen LogP contribution in [-0.2, 0) is 4.79 Å². The van der Waals surface area contributed by atoms with Gasteiger partial charge >= 0.3 is 0 Å². The second-order valence-corrected chi connectivity index (χ2v) is 6.91. The van der Waals surface area contributed by atoms with Gasteiger partial charge in [-0.1, -0.05) is 0 Å². The number of carbonyl (C=O) groups is 1. The second kappa shape index (κ2) is 7.25. The maximum absolute atomic E-state index is 11.7. The average molecular weight is 269 g/mol. The number of piperidine rings is 1. The Balaban J connectivity index is 2.13. The molecule has 112 valence electrons. The summed E-state index contributed by atoms with van der Waals surface area (Å²) in [5, 5.41) is 6.50. The Labute approximate surface area is 118 Å². The third-order valence-electron chi connectivity index (χ3n) is 3.56. The standard InChI is InChI=1S/C15H31N3O/c1-12(2)18-10-7-13(8-11-18)16-9-6-14(19)17-15(3,4)5/h12-13,16H,6-11H2,1-5H3,(H,17,19). The summed E-state index contributed by atoms with van der Waals surface area (Å²) in [6, 6.07) is 1.23. The number of amides is 1. The minimum Gasteiger partial charge on any atom is -0.351 e. The van der Waals surface area contributed by atoms with Crippen LogP contribution < -0.4 is 10.6 Å². The van der Waals surface area contributed by atoms with Crippen LogP contribution >= 0.6 is 0 Å². The van der Waals surface area contributed by atoms with Crippen molar-refractivity contribution in [2.24, 2.45) is 0 Å². The van der Waals surface area contributed by atoms with Crippen molar-refractivity contribution in [3.63, 3.8) is 0 Å². The normalized spacial score (nSPS) is 18.8. The highest BCUT2D eigenvalue weighted by Gasteiger charge is 2.20. The maximum atomic E-state index is 11.7. The monoisotopic (exact) mass is 269 g/mol. The van der Waals surface area contributed by atoms with Gasteiger partial charge in [-0.15, -0.1) is 0 Å². The van der Waals surface area contributed by atoms with Crippen molar-refractivity contribution in [1.29, 1.82) is 0 Å². The molecule has 0 atom stereocenters. The van der Waals surface area contributed by atoms with E-state index in [2.05, 4.69) is 29.4 Å². The molecule has 0 saturated carbocycles. The summed E-state index contributed by atoms with van der Waals surface area (Å²) >= 11 is 0. The van der Waals surface area contributed by atoms with Crippen molar-refractivity contribution in [3.05, 3.63) is 0 Å². The van der Waals surface area contributed by atoms with Crippen LogP contribution in [0.3, 0.4) is 0 Å². The predicted octanol–water partition coefficient (Wildman–Crippen LogP) is 1.75. The number of carbonyl (C=O) groups excluding carboxylic acids is 1. The summed E-state index contributed by atoms with van der Waals surface area (Å²) < 4.78 is 0. The van der Waals surface area contributed by atoms with E-state index in [4.69, 9.17) is 0 Å². The molecule has 0 aromatic carbocycles. The lowest BCUT2D eigenvalue weighted by Gasteiger charge is -2.35. The molecule has 0 bridgehead atoms. The van der Waals surface area contributed by atoms with Gasteiger partial charge in [-0.25, -0.2) is 0 Å². The molecule has 1 heterocycles. The van der Waals surface area contributed by atoms with Crippen molar-refractivity contribution in [2.75, 3.05) is 19.6 Å². The van der Waals surface area contributed by atoms with E-state index in [0.29, 0.717) is 18.5 Å². The molecule has 0 aliphatic carbocycles. The van der Waals surface area contributed by atoms with Crippen molar-refractivity contribution in [2.45, 2.75) is 71.5 Å². The maximum Gasteiger partial charge on any atom is 0.221 e. The van der Waals surface area contributed by atoms with Crippen LogP contribution in [0.4, 0.5) is 0 Å². The number of nitrogens with zero attached hydrogens (tertiary/aromatic N) is 1. The van der Waals surface area contributed by atoms with Gasteiger partial charge in [0.1, 0.15) is 0 Å². The molecular formula is C15H31N3O. The van der Waals surface area contributed by atoms with E-state index in [9.17, 15) is 4.79 Å². The number of hydrogen-bond acceptors (Lipinski definition) is 3. The average Bonchev–Trinajstić information content (AvgIpc) is 2.27. The first-order chi connectivity index (χ1) is 8.78. The zero-order chi connectivity index (χ0) is 14.5. The van der Waals surface area contributed by atoms with Gasteiger partial charge in [-0.2, -0.15) is 0 Å². The lowest BCUT2D eigenvalue weighted by Crippen LogP contribution is -2.46. The van der Waals surface area contributed by atoms with Crippen LogP contribution in [0.25, 0.3) is 0 Å². The van der Waals surface area contributed by atoms with E-state index < -0.39 is 0 Å². The molecule has 0 aromatic rings.